The molecule has 0 bridgehead atoms. The van der Waals surface area contributed by atoms with Gasteiger partial charge in [-0.1, -0.05) is 6.92 Å². The van der Waals surface area contributed by atoms with Crippen molar-refractivity contribution in [1.82, 2.24) is 0 Å². The number of rotatable bonds is 6. The van der Waals surface area contributed by atoms with Gasteiger partial charge in [-0.2, -0.15) is 0 Å². The van der Waals surface area contributed by atoms with Crippen molar-refractivity contribution in [2.24, 2.45) is 0 Å². The molecule has 1 heterocycles. The monoisotopic (exact) mass is 292 g/mol. The van der Waals surface area contributed by atoms with Crippen LogP contribution in [0.4, 0.5) is 0 Å². The third-order valence-corrected chi connectivity index (χ3v) is 2.69. The van der Waals surface area contributed by atoms with Crippen LogP contribution in [0.2, 0.25) is 0 Å². The molecule has 1 aromatic carbocycles. The van der Waals surface area contributed by atoms with E-state index in [1.807, 2.05) is 6.92 Å². The lowest BCUT2D eigenvalue weighted by atomic mass is 10.2. The van der Waals surface area contributed by atoms with Gasteiger partial charge in [-0.25, -0.2) is 4.79 Å². The third-order valence-electron chi connectivity index (χ3n) is 2.69. The molecule has 21 heavy (non-hydrogen) atoms. The van der Waals surface area contributed by atoms with E-state index in [9.17, 15) is 9.90 Å². The molecule has 0 saturated carbocycles. The Morgan fingerprint density at radius 2 is 2.19 bits per heavy atom. The fourth-order valence-electron chi connectivity index (χ4n) is 1.72. The molecule has 0 aliphatic carbocycles. The molecule has 0 aliphatic rings. The second-order valence-electron chi connectivity index (χ2n) is 4.20. The minimum atomic E-state index is -0.778. The van der Waals surface area contributed by atoms with Gasteiger partial charge in [0.25, 0.3) is 5.75 Å². The molecule has 0 atom stereocenters. The first kappa shape index (κ1) is 14.9. The molecule has 0 amide bonds. The fourth-order valence-corrected chi connectivity index (χ4v) is 1.72. The Labute approximate surface area is 120 Å². The maximum Gasteiger partial charge on any atom is 0.383 e. The summed E-state index contributed by atoms with van der Waals surface area (Å²) in [5.41, 5.74) is -0.597. The van der Waals surface area contributed by atoms with Crippen LogP contribution in [0.1, 0.15) is 13.3 Å². The van der Waals surface area contributed by atoms with Crippen LogP contribution in [-0.2, 0) is 0 Å². The Kier molecular flexibility index (Phi) is 4.84. The van der Waals surface area contributed by atoms with Gasteiger partial charge in [0, 0.05) is 6.07 Å². The number of benzene rings is 1. The summed E-state index contributed by atoms with van der Waals surface area (Å²) in [6, 6.07) is 4.62. The summed E-state index contributed by atoms with van der Waals surface area (Å²) >= 11 is 0. The van der Waals surface area contributed by atoms with Crippen LogP contribution in [0.3, 0.4) is 0 Å². The lowest BCUT2D eigenvalue weighted by Gasteiger charge is -2.07. The van der Waals surface area contributed by atoms with Crippen LogP contribution in [-0.4, -0.2) is 23.4 Å². The van der Waals surface area contributed by atoms with Gasteiger partial charge in [-0.3, -0.25) is 0 Å². The van der Waals surface area contributed by atoms with Crippen LogP contribution in [0.5, 0.6) is 17.2 Å². The normalized spacial score (nSPS) is 11.1. The van der Waals surface area contributed by atoms with E-state index in [1.165, 1.54) is 12.3 Å². The maximum absolute atomic E-state index is 11.8. The van der Waals surface area contributed by atoms with E-state index in [0.717, 1.165) is 6.42 Å². The number of fused-ring (bicyclic) bond motifs is 1. The highest BCUT2D eigenvalue weighted by atomic mass is 16.5. The van der Waals surface area contributed by atoms with Crippen LogP contribution < -0.4 is 15.1 Å². The zero-order valence-electron chi connectivity index (χ0n) is 11.5. The van der Waals surface area contributed by atoms with Gasteiger partial charge >= 0.3 is 5.63 Å². The van der Waals surface area contributed by atoms with Crippen molar-refractivity contribution >= 4 is 11.0 Å². The van der Waals surface area contributed by atoms with Crippen molar-refractivity contribution in [2.75, 3.05) is 13.2 Å². The molecule has 0 saturated heterocycles. The number of hydrogen-bond donors (Lipinski definition) is 2. The lowest BCUT2D eigenvalue weighted by Crippen LogP contribution is -2.04. The number of ether oxygens (including phenoxy) is 2. The van der Waals surface area contributed by atoms with Gasteiger partial charge in [0.1, 0.15) is 17.9 Å². The number of aromatic hydroxyl groups is 1. The zero-order chi connectivity index (χ0) is 15.2. The summed E-state index contributed by atoms with van der Waals surface area (Å²) in [6.45, 7) is 1.92. The largest absolute Gasteiger partial charge is 0.504 e. The molecule has 6 nitrogen and oxygen atoms in total. The van der Waals surface area contributed by atoms with Gasteiger partial charge in [0.2, 0.25) is 0 Å². The minimum absolute atomic E-state index is 0.121. The van der Waals surface area contributed by atoms with Crippen LogP contribution >= 0.6 is 0 Å². The van der Waals surface area contributed by atoms with Crippen molar-refractivity contribution < 1.29 is 24.1 Å². The smallest absolute Gasteiger partial charge is 0.383 e. The molecule has 0 spiro atoms. The fraction of sp³-hybridized carbons (Fsp3) is 0.267. The van der Waals surface area contributed by atoms with Gasteiger partial charge in [0.15, 0.2) is 5.75 Å². The summed E-state index contributed by atoms with van der Waals surface area (Å²) in [6.07, 6.45) is 3.77. The maximum atomic E-state index is 11.8. The SMILES string of the molecule is CCC=COc1c(O)c2ccc(OCCO)cc2oc1=O. The van der Waals surface area contributed by atoms with E-state index in [2.05, 4.69) is 0 Å². The van der Waals surface area contributed by atoms with E-state index in [4.69, 9.17) is 19.0 Å². The molecular weight excluding hydrogens is 276 g/mol. The van der Waals surface area contributed by atoms with Gasteiger partial charge in [0.05, 0.1) is 18.3 Å². The molecule has 2 rings (SSSR count). The molecule has 0 fully saturated rings. The first-order valence-electron chi connectivity index (χ1n) is 6.52. The highest BCUT2D eigenvalue weighted by Gasteiger charge is 2.15. The van der Waals surface area contributed by atoms with Gasteiger partial charge < -0.3 is 24.1 Å². The third kappa shape index (κ3) is 3.35. The molecule has 6 heteroatoms. The Balaban J connectivity index is 2.42. The quantitative estimate of drug-likeness (QED) is 0.626. The van der Waals surface area contributed by atoms with E-state index in [-0.39, 0.29) is 30.3 Å². The Morgan fingerprint density at radius 3 is 2.90 bits per heavy atom. The number of allylic oxidation sites excluding steroid dienone is 1. The molecule has 0 radical (unpaired) electrons. The van der Waals surface area contributed by atoms with Crippen LogP contribution in [0, 0.1) is 0 Å². The average Bonchev–Trinajstić information content (AvgIpc) is 2.48. The van der Waals surface area contributed by atoms with Crippen molar-refractivity contribution in [2.45, 2.75) is 13.3 Å². The zero-order valence-corrected chi connectivity index (χ0v) is 11.5. The lowest BCUT2D eigenvalue weighted by molar-refractivity contribution is 0.201. The first-order chi connectivity index (χ1) is 10.2. The van der Waals surface area contributed by atoms with Crippen molar-refractivity contribution in [3.63, 3.8) is 0 Å². The summed E-state index contributed by atoms with van der Waals surface area (Å²) in [5.74, 6) is -0.106. The Morgan fingerprint density at radius 1 is 1.38 bits per heavy atom. The van der Waals surface area contributed by atoms with Crippen LogP contribution in [0.25, 0.3) is 11.0 Å². The van der Waals surface area contributed by atoms with E-state index < -0.39 is 5.63 Å². The molecule has 0 aliphatic heterocycles. The number of aliphatic hydroxyl groups is 1. The molecule has 2 aromatic rings. The van der Waals surface area contributed by atoms with E-state index in [0.29, 0.717) is 11.1 Å². The van der Waals surface area contributed by atoms with Crippen molar-refractivity contribution in [3.8, 4) is 17.2 Å². The topological polar surface area (TPSA) is 89.1 Å². The number of hydrogen-bond acceptors (Lipinski definition) is 6. The molecule has 1 aromatic heterocycles. The molecule has 112 valence electrons. The first-order valence-corrected chi connectivity index (χ1v) is 6.52. The summed E-state index contributed by atoms with van der Waals surface area (Å²) in [4.78, 5) is 11.8. The van der Waals surface area contributed by atoms with Gasteiger partial charge in [-0.05, 0) is 24.6 Å². The highest BCUT2D eigenvalue weighted by Crippen LogP contribution is 2.33. The van der Waals surface area contributed by atoms with Crippen molar-refractivity contribution in [3.05, 3.63) is 41.0 Å². The van der Waals surface area contributed by atoms with Crippen LogP contribution in [0.15, 0.2) is 39.7 Å². The van der Waals surface area contributed by atoms with E-state index >= 15 is 0 Å². The molecule has 2 N–H and O–H groups in total. The Bertz CT molecular complexity index is 701. The second kappa shape index (κ2) is 6.81. The van der Waals surface area contributed by atoms with Crippen molar-refractivity contribution in [1.29, 1.82) is 0 Å². The predicted molar refractivity (Wildman–Crippen MR) is 76.8 cm³/mol. The molecular formula is C15H16O6. The summed E-state index contributed by atoms with van der Waals surface area (Å²) in [7, 11) is 0. The van der Waals surface area contributed by atoms with Gasteiger partial charge in [-0.15, -0.1) is 0 Å². The predicted octanol–water partition coefficient (Wildman–Crippen LogP) is 2.17. The second-order valence-corrected chi connectivity index (χ2v) is 4.20. The minimum Gasteiger partial charge on any atom is -0.504 e. The molecule has 0 unspecified atom stereocenters. The standard InChI is InChI=1S/C15H16O6/c1-2-3-7-20-14-13(17)11-5-4-10(19-8-6-16)9-12(11)21-15(14)18/h3-5,7,9,16-17H,2,6,8H2,1H3. The summed E-state index contributed by atoms with van der Waals surface area (Å²) < 4.78 is 15.4. The summed E-state index contributed by atoms with van der Waals surface area (Å²) in [5, 5.41) is 19.1. The average molecular weight is 292 g/mol. The van der Waals surface area contributed by atoms with E-state index in [1.54, 1.807) is 18.2 Å². The highest BCUT2D eigenvalue weighted by molar-refractivity contribution is 5.86. The number of aliphatic hydroxyl groups excluding tert-OH is 1. The Hall–Kier alpha value is -2.47.